The molecule has 0 spiro atoms. The predicted octanol–water partition coefficient (Wildman–Crippen LogP) is 1.58. The van der Waals surface area contributed by atoms with E-state index in [1.165, 1.54) is 0 Å². The SMILES string of the molecule is O=C(NCc1cccnc1)/C(=N\O)c1ccccc1. The highest BCUT2D eigenvalue weighted by atomic mass is 16.4. The summed E-state index contributed by atoms with van der Waals surface area (Å²) in [7, 11) is 0. The summed E-state index contributed by atoms with van der Waals surface area (Å²) in [6.07, 6.45) is 3.33. The van der Waals surface area contributed by atoms with Gasteiger partial charge in [-0.15, -0.1) is 0 Å². The lowest BCUT2D eigenvalue weighted by atomic mass is 10.1. The minimum Gasteiger partial charge on any atom is -0.410 e. The molecular formula is C14H13N3O2. The van der Waals surface area contributed by atoms with E-state index in [2.05, 4.69) is 15.5 Å². The minimum atomic E-state index is -0.433. The Morgan fingerprint density at radius 2 is 2.00 bits per heavy atom. The third-order valence-electron chi connectivity index (χ3n) is 2.54. The van der Waals surface area contributed by atoms with Crippen molar-refractivity contribution in [3.63, 3.8) is 0 Å². The van der Waals surface area contributed by atoms with Crippen LogP contribution in [0.15, 0.2) is 60.0 Å². The van der Waals surface area contributed by atoms with Crippen molar-refractivity contribution in [3.8, 4) is 0 Å². The summed E-state index contributed by atoms with van der Waals surface area (Å²) in [6, 6.07) is 12.4. The molecule has 0 radical (unpaired) electrons. The van der Waals surface area contributed by atoms with Gasteiger partial charge in [0, 0.05) is 24.5 Å². The van der Waals surface area contributed by atoms with E-state index in [0.717, 1.165) is 5.56 Å². The van der Waals surface area contributed by atoms with E-state index in [0.29, 0.717) is 12.1 Å². The molecule has 19 heavy (non-hydrogen) atoms. The van der Waals surface area contributed by atoms with E-state index < -0.39 is 5.91 Å². The van der Waals surface area contributed by atoms with Crippen LogP contribution in [0.25, 0.3) is 0 Å². The second-order valence-electron chi connectivity index (χ2n) is 3.86. The fraction of sp³-hybridized carbons (Fsp3) is 0.0714. The van der Waals surface area contributed by atoms with Gasteiger partial charge in [0.2, 0.25) is 0 Å². The first kappa shape index (κ1) is 12.8. The van der Waals surface area contributed by atoms with Crippen LogP contribution in [0.2, 0.25) is 0 Å². The molecular weight excluding hydrogens is 242 g/mol. The molecule has 5 heteroatoms. The summed E-state index contributed by atoms with van der Waals surface area (Å²) in [6.45, 7) is 0.332. The minimum absolute atomic E-state index is 0.00973. The summed E-state index contributed by atoms with van der Waals surface area (Å²) >= 11 is 0. The van der Waals surface area contributed by atoms with Crippen LogP contribution < -0.4 is 5.32 Å². The first-order valence-electron chi connectivity index (χ1n) is 5.76. The average Bonchev–Trinajstić information content (AvgIpc) is 2.48. The molecule has 0 atom stereocenters. The lowest BCUT2D eigenvalue weighted by Crippen LogP contribution is -2.31. The van der Waals surface area contributed by atoms with Gasteiger partial charge in [0.05, 0.1) is 0 Å². The Balaban J connectivity index is 2.03. The Hall–Kier alpha value is -2.69. The number of hydrogen-bond donors (Lipinski definition) is 2. The first-order chi connectivity index (χ1) is 9.31. The smallest absolute Gasteiger partial charge is 0.274 e. The van der Waals surface area contributed by atoms with Crippen molar-refractivity contribution in [2.75, 3.05) is 0 Å². The fourth-order valence-corrected chi connectivity index (χ4v) is 1.60. The predicted molar refractivity (Wildman–Crippen MR) is 70.8 cm³/mol. The first-order valence-corrected chi connectivity index (χ1v) is 5.76. The monoisotopic (exact) mass is 255 g/mol. The molecule has 0 saturated carbocycles. The molecule has 1 aromatic heterocycles. The zero-order valence-corrected chi connectivity index (χ0v) is 10.2. The van der Waals surface area contributed by atoms with E-state index in [1.54, 1.807) is 42.7 Å². The topological polar surface area (TPSA) is 74.6 Å². The molecule has 0 aliphatic heterocycles. The second-order valence-corrected chi connectivity index (χ2v) is 3.86. The summed E-state index contributed by atoms with van der Waals surface area (Å²) in [5.41, 5.74) is 1.43. The van der Waals surface area contributed by atoms with Crippen LogP contribution in [0, 0.1) is 0 Å². The van der Waals surface area contributed by atoms with E-state index in [4.69, 9.17) is 5.21 Å². The highest BCUT2D eigenvalue weighted by molar-refractivity contribution is 6.45. The lowest BCUT2D eigenvalue weighted by Gasteiger charge is -2.06. The Bertz CT molecular complexity index is 568. The van der Waals surface area contributed by atoms with Crippen molar-refractivity contribution < 1.29 is 10.0 Å². The maximum absolute atomic E-state index is 11.9. The maximum Gasteiger partial charge on any atom is 0.274 e. The zero-order valence-electron chi connectivity index (χ0n) is 10.2. The lowest BCUT2D eigenvalue weighted by molar-refractivity contribution is -0.115. The molecule has 0 aliphatic carbocycles. The van der Waals surface area contributed by atoms with Crippen molar-refractivity contribution in [1.29, 1.82) is 0 Å². The van der Waals surface area contributed by atoms with Gasteiger partial charge in [-0.05, 0) is 11.6 Å². The number of carbonyl (C=O) groups excluding carboxylic acids is 1. The number of benzene rings is 1. The second kappa shape index (κ2) is 6.30. The molecule has 1 heterocycles. The van der Waals surface area contributed by atoms with Gasteiger partial charge in [-0.2, -0.15) is 0 Å². The van der Waals surface area contributed by atoms with Gasteiger partial charge in [-0.25, -0.2) is 0 Å². The number of amides is 1. The number of rotatable bonds is 4. The highest BCUT2D eigenvalue weighted by Crippen LogP contribution is 2.02. The fourth-order valence-electron chi connectivity index (χ4n) is 1.60. The zero-order chi connectivity index (χ0) is 13.5. The van der Waals surface area contributed by atoms with Crippen molar-refractivity contribution in [2.45, 2.75) is 6.54 Å². The molecule has 0 bridgehead atoms. The number of aromatic nitrogens is 1. The molecule has 1 amide bonds. The third-order valence-corrected chi connectivity index (χ3v) is 2.54. The quantitative estimate of drug-likeness (QED) is 0.495. The van der Waals surface area contributed by atoms with Gasteiger partial charge >= 0.3 is 0 Å². The normalized spacial score (nSPS) is 11.1. The van der Waals surface area contributed by atoms with Gasteiger partial charge < -0.3 is 10.5 Å². The molecule has 5 nitrogen and oxygen atoms in total. The molecule has 2 aromatic rings. The number of hydrogen-bond acceptors (Lipinski definition) is 4. The number of pyridine rings is 1. The number of nitrogens with zero attached hydrogens (tertiary/aromatic N) is 2. The molecule has 1 aromatic carbocycles. The Morgan fingerprint density at radius 1 is 1.21 bits per heavy atom. The van der Waals surface area contributed by atoms with Crippen LogP contribution >= 0.6 is 0 Å². The van der Waals surface area contributed by atoms with Crippen LogP contribution in [0.5, 0.6) is 0 Å². The van der Waals surface area contributed by atoms with Crippen LogP contribution in [-0.2, 0) is 11.3 Å². The van der Waals surface area contributed by atoms with Crippen LogP contribution in [-0.4, -0.2) is 21.8 Å². The Labute approximate surface area is 110 Å². The van der Waals surface area contributed by atoms with Crippen molar-refractivity contribution in [3.05, 3.63) is 66.0 Å². The van der Waals surface area contributed by atoms with Crippen molar-refractivity contribution >= 4 is 11.6 Å². The molecule has 0 unspecified atom stereocenters. The summed E-state index contributed by atoms with van der Waals surface area (Å²) in [5.74, 6) is -0.433. The summed E-state index contributed by atoms with van der Waals surface area (Å²) in [4.78, 5) is 15.9. The number of oxime groups is 1. The van der Waals surface area contributed by atoms with Gasteiger partial charge in [0.1, 0.15) is 0 Å². The standard InChI is InChI=1S/C14H13N3O2/c18-14(16-10-11-5-4-8-15-9-11)13(17-19)12-6-2-1-3-7-12/h1-9,19H,10H2,(H,16,18)/b17-13-. The van der Waals surface area contributed by atoms with Gasteiger partial charge in [-0.3, -0.25) is 9.78 Å². The summed E-state index contributed by atoms with van der Waals surface area (Å²) in [5, 5.41) is 14.7. The molecule has 0 aliphatic rings. The van der Waals surface area contributed by atoms with E-state index in [-0.39, 0.29) is 5.71 Å². The number of nitrogens with one attached hydrogen (secondary N) is 1. The van der Waals surface area contributed by atoms with Crippen LogP contribution in [0.3, 0.4) is 0 Å². The van der Waals surface area contributed by atoms with E-state index in [1.807, 2.05) is 12.1 Å². The molecule has 96 valence electrons. The summed E-state index contributed by atoms with van der Waals surface area (Å²) < 4.78 is 0. The number of carbonyl (C=O) groups is 1. The maximum atomic E-state index is 11.9. The Morgan fingerprint density at radius 3 is 2.63 bits per heavy atom. The van der Waals surface area contributed by atoms with Crippen LogP contribution in [0.1, 0.15) is 11.1 Å². The van der Waals surface area contributed by atoms with E-state index in [9.17, 15) is 4.79 Å². The average molecular weight is 255 g/mol. The van der Waals surface area contributed by atoms with Crippen molar-refractivity contribution in [2.24, 2.45) is 5.16 Å². The van der Waals surface area contributed by atoms with Gasteiger partial charge in [0.25, 0.3) is 5.91 Å². The third kappa shape index (κ3) is 3.38. The highest BCUT2D eigenvalue weighted by Gasteiger charge is 2.13. The van der Waals surface area contributed by atoms with Gasteiger partial charge in [-0.1, -0.05) is 41.6 Å². The molecule has 2 rings (SSSR count). The molecule has 2 N–H and O–H groups in total. The van der Waals surface area contributed by atoms with Crippen LogP contribution in [0.4, 0.5) is 0 Å². The molecule has 0 saturated heterocycles. The largest absolute Gasteiger partial charge is 0.410 e. The Kier molecular flexibility index (Phi) is 4.23. The van der Waals surface area contributed by atoms with Crippen molar-refractivity contribution in [1.82, 2.24) is 10.3 Å². The molecule has 0 fully saturated rings. The van der Waals surface area contributed by atoms with E-state index >= 15 is 0 Å². The van der Waals surface area contributed by atoms with Gasteiger partial charge in [0.15, 0.2) is 5.71 Å².